The van der Waals surface area contributed by atoms with Gasteiger partial charge in [0.15, 0.2) is 6.10 Å². The number of carbonyl (C=O) groups is 3. The molecule has 0 fully saturated rings. The quantitative estimate of drug-likeness (QED) is 0.0262. The maximum Gasteiger partial charge on any atom is 0.306 e. The van der Waals surface area contributed by atoms with Gasteiger partial charge in [-0.25, -0.2) is 0 Å². The molecule has 0 aliphatic rings. The minimum atomic E-state index is -0.785. The third kappa shape index (κ3) is 55.1. The van der Waals surface area contributed by atoms with Gasteiger partial charge in [0.05, 0.1) is 0 Å². The van der Waals surface area contributed by atoms with E-state index in [0.717, 1.165) is 122 Å². The predicted octanol–water partition coefficient (Wildman–Crippen LogP) is 19.3. The molecule has 394 valence electrons. The van der Waals surface area contributed by atoms with Crippen molar-refractivity contribution < 1.29 is 28.6 Å². The van der Waals surface area contributed by atoms with Gasteiger partial charge < -0.3 is 14.2 Å². The second-order valence-corrected chi connectivity index (χ2v) is 18.8. The van der Waals surface area contributed by atoms with Crippen LogP contribution >= 0.6 is 0 Å². The second kappa shape index (κ2) is 56.9. The highest BCUT2D eigenvalue weighted by Gasteiger charge is 2.19. The molecular formula is C63H106O6. The Morgan fingerprint density at radius 3 is 0.899 bits per heavy atom. The summed E-state index contributed by atoms with van der Waals surface area (Å²) < 4.78 is 16.7. The van der Waals surface area contributed by atoms with Crippen LogP contribution in [0.25, 0.3) is 0 Å². The fourth-order valence-corrected chi connectivity index (χ4v) is 7.77. The normalized spacial score (nSPS) is 12.8. The minimum Gasteiger partial charge on any atom is -0.462 e. The lowest BCUT2D eigenvalue weighted by atomic mass is 10.1. The summed E-state index contributed by atoms with van der Waals surface area (Å²) in [4.78, 5) is 37.9. The van der Waals surface area contributed by atoms with Gasteiger partial charge in [-0.2, -0.15) is 0 Å². The monoisotopic (exact) mass is 959 g/mol. The molecule has 6 nitrogen and oxygen atoms in total. The summed E-state index contributed by atoms with van der Waals surface area (Å²) in [5, 5.41) is 0. The Morgan fingerprint density at radius 2 is 0.565 bits per heavy atom. The van der Waals surface area contributed by atoms with Gasteiger partial charge in [0.25, 0.3) is 0 Å². The average molecular weight is 960 g/mol. The van der Waals surface area contributed by atoms with E-state index in [9.17, 15) is 14.4 Å². The van der Waals surface area contributed by atoms with Crippen LogP contribution in [0, 0.1) is 0 Å². The van der Waals surface area contributed by atoms with E-state index < -0.39 is 6.10 Å². The first-order valence-electron chi connectivity index (χ1n) is 28.7. The summed E-state index contributed by atoms with van der Waals surface area (Å²) >= 11 is 0. The summed E-state index contributed by atoms with van der Waals surface area (Å²) in [6, 6.07) is 0. The minimum absolute atomic E-state index is 0.0855. The first-order valence-corrected chi connectivity index (χ1v) is 28.7. The van der Waals surface area contributed by atoms with Gasteiger partial charge in [-0.15, -0.1) is 0 Å². The van der Waals surface area contributed by atoms with Crippen molar-refractivity contribution in [3.63, 3.8) is 0 Å². The molecule has 0 saturated carbocycles. The van der Waals surface area contributed by atoms with Gasteiger partial charge in [-0.1, -0.05) is 240 Å². The third-order valence-electron chi connectivity index (χ3n) is 12.1. The van der Waals surface area contributed by atoms with Crippen LogP contribution in [0.15, 0.2) is 97.2 Å². The fraction of sp³-hybridized carbons (Fsp3) is 0.698. The summed E-state index contributed by atoms with van der Waals surface area (Å²) in [5.74, 6) is -0.918. The fourth-order valence-electron chi connectivity index (χ4n) is 7.77. The summed E-state index contributed by atoms with van der Waals surface area (Å²) in [6.45, 7) is 6.45. The van der Waals surface area contributed by atoms with Crippen LogP contribution in [0.3, 0.4) is 0 Å². The molecule has 0 aromatic rings. The Morgan fingerprint density at radius 1 is 0.304 bits per heavy atom. The zero-order valence-corrected chi connectivity index (χ0v) is 45.0. The largest absolute Gasteiger partial charge is 0.462 e. The van der Waals surface area contributed by atoms with Gasteiger partial charge >= 0.3 is 17.9 Å². The molecule has 0 saturated heterocycles. The van der Waals surface area contributed by atoms with Gasteiger partial charge in [-0.3, -0.25) is 14.4 Å². The Balaban J connectivity index is 4.21. The number of carbonyl (C=O) groups excluding carboxylic acids is 3. The summed E-state index contributed by atoms with van der Waals surface area (Å²) in [6.07, 6.45) is 75.7. The molecule has 0 amide bonds. The maximum absolute atomic E-state index is 12.8. The van der Waals surface area contributed by atoms with Crippen molar-refractivity contribution in [1.29, 1.82) is 0 Å². The number of ether oxygens (including phenoxy) is 3. The van der Waals surface area contributed by atoms with Crippen molar-refractivity contribution in [2.24, 2.45) is 0 Å². The van der Waals surface area contributed by atoms with E-state index in [2.05, 4.69) is 118 Å². The first-order chi connectivity index (χ1) is 34.0. The van der Waals surface area contributed by atoms with Crippen LogP contribution in [-0.2, 0) is 28.6 Å². The molecule has 0 aromatic heterocycles. The lowest BCUT2D eigenvalue weighted by Gasteiger charge is -2.18. The number of esters is 3. The van der Waals surface area contributed by atoms with Crippen molar-refractivity contribution in [3.05, 3.63) is 97.2 Å². The number of rotatable bonds is 51. The van der Waals surface area contributed by atoms with E-state index >= 15 is 0 Å². The van der Waals surface area contributed by atoms with Crippen molar-refractivity contribution in [2.45, 2.75) is 271 Å². The molecule has 0 bridgehead atoms. The van der Waals surface area contributed by atoms with E-state index in [1.165, 1.54) is 103 Å². The van der Waals surface area contributed by atoms with Crippen molar-refractivity contribution >= 4 is 17.9 Å². The standard InChI is InChI=1S/C63H106O6/c1-4-7-10-13-16-18-20-22-24-26-28-29-30-31-32-33-34-35-36-38-39-41-43-45-47-50-53-56-62(65)68-59-60(58-67-61(64)55-52-49-15-12-9-6-3)69-63(66)57-54-51-48-46-44-42-40-37-27-25-23-21-19-17-14-11-8-5-2/h7,10,16,18,22,24-25,27-29,31-32,34-35,38-39,60H,4-6,8-9,11-15,17,19-21,23,26,30,33,36-37,40-59H2,1-3H3/b10-7-,18-16-,24-22-,27-25-,29-28-,32-31-,35-34-,39-38-. The van der Waals surface area contributed by atoms with E-state index in [-0.39, 0.29) is 31.1 Å². The molecule has 0 spiro atoms. The lowest BCUT2D eigenvalue weighted by Crippen LogP contribution is -2.30. The zero-order valence-electron chi connectivity index (χ0n) is 45.0. The molecule has 0 aromatic carbocycles. The summed E-state index contributed by atoms with van der Waals surface area (Å²) in [7, 11) is 0. The van der Waals surface area contributed by atoms with E-state index in [1.54, 1.807) is 0 Å². The number of hydrogen-bond acceptors (Lipinski definition) is 6. The van der Waals surface area contributed by atoms with Crippen LogP contribution in [0.4, 0.5) is 0 Å². The Hall–Kier alpha value is -3.67. The predicted molar refractivity (Wildman–Crippen MR) is 297 cm³/mol. The Labute approximate surface area is 426 Å². The maximum atomic E-state index is 12.8. The Kier molecular flexibility index (Phi) is 53.9. The molecule has 6 heteroatoms. The molecular weight excluding hydrogens is 853 g/mol. The molecule has 0 aliphatic carbocycles. The van der Waals surface area contributed by atoms with Gasteiger partial charge in [0.1, 0.15) is 13.2 Å². The average Bonchev–Trinajstić information content (AvgIpc) is 3.35. The highest BCUT2D eigenvalue weighted by molar-refractivity contribution is 5.71. The zero-order chi connectivity index (χ0) is 50.0. The molecule has 0 radical (unpaired) electrons. The SMILES string of the molecule is CC/C=C\C/C=C\C/C=C\C/C=C\C/C=C\C/C=C\C/C=C\CCCCCCCC(=O)OCC(COC(=O)CCCCCCCC)OC(=O)CCCCCCCCC/C=C\CCCCCCCCC. The topological polar surface area (TPSA) is 78.9 Å². The van der Waals surface area contributed by atoms with Gasteiger partial charge in [0.2, 0.25) is 0 Å². The Bertz CT molecular complexity index is 1380. The van der Waals surface area contributed by atoms with Crippen LogP contribution in [0.1, 0.15) is 265 Å². The smallest absolute Gasteiger partial charge is 0.306 e. The van der Waals surface area contributed by atoms with Crippen molar-refractivity contribution in [1.82, 2.24) is 0 Å². The summed E-state index contributed by atoms with van der Waals surface area (Å²) in [5.41, 5.74) is 0. The van der Waals surface area contributed by atoms with Crippen LogP contribution in [-0.4, -0.2) is 37.2 Å². The number of allylic oxidation sites excluding steroid dienone is 16. The molecule has 0 rings (SSSR count). The van der Waals surface area contributed by atoms with Crippen LogP contribution in [0.5, 0.6) is 0 Å². The number of unbranched alkanes of at least 4 members (excludes halogenated alkanes) is 24. The second-order valence-electron chi connectivity index (χ2n) is 18.8. The highest BCUT2D eigenvalue weighted by Crippen LogP contribution is 2.14. The van der Waals surface area contributed by atoms with E-state index in [1.807, 2.05) is 0 Å². The third-order valence-corrected chi connectivity index (χ3v) is 12.1. The van der Waals surface area contributed by atoms with Crippen molar-refractivity contribution in [2.75, 3.05) is 13.2 Å². The lowest BCUT2D eigenvalue weighted by molar-refractivity contribution is -0.167. The van der Waals surface area contributed by atoms with E-state index in [0.29, 0.717) is 19.3 Å². The highest BCUT2D eigenvalue weighted by atomic mass is 16.6. The van der Waals surface area contributed by atoms with Gasteiger partial charge in [0, 0.05) is 19.3 Å². The first kappa shape index (κ1) is 65.3. The van der Waals surface area contributed by atoms with Gasteiger partial charge in [-0.05, 0) is 103 Å². The molecule has 0 aliphatic heterocycles. The molecule has 1 atom stereocenters. The molecule has 0 heterocycles. The molecule has 0 N–H and O–H groups in total. The van der Waals surface area contributed by atoms with Crippen LogP contribution < -0.4 is 0 Å². The van der Waals surface area contributed by atoms with E-state index in [4.69, 9.17) is 14.2 Å². The number of hydrogen-bond donors (Lipinski definition) is 0. The molecule has 1 unspecified atom stereocenters. The van der Waals surface area contributed by atoms with Crippen molar-refractivity contribution in [3.8, 4) is 0 Å². The van der Waals surface area contributed by atoms with Crippen LogP contribution in [0.2, 0.25) is 0 Å². The molecule has 69 heavy (non-hydrogen) atoms.